The number of hydrogen-bond acceptors (Lipinski definition) is 2. The molecule has 21 heavy (non-hydrogen) atoms. The number of amides is 2. The van der Waals surface area contributed by atoms with Crippen LogP contribution in [0.4, 0.5) is 28.0 Å². The van der Waals surface area contributed by atoms with Crippen LogP contribution < -0.4 is 10.6 Å². The van der Waals surface area contributed by atoms with E-state index in [4.69, 9.17) is 0 Å². The maximum atomic E-state index is 12.9. The van der Waals surface area contributed by atoms with Crippen LogP contribution in [0, 0.1) is 5.82 Å². The lowest BCUT2D eigenvalue weighted by Crippen LogP contribution is -2.35. The molecule has 0 aliphatic heterocycles. The first-order valence-electron chi connectivity index (χ1n) is 6.22. The molecule has 8 heteroatoms. The molecule has 0 aromatic heterocycles. The summed E-state index contributed by atoms with van der Waals surface area (Å²) in [6.45, 7) is 0.391. The molecule has 0 saturated heterocycles. The van der Waals surface area contributed by atoms with Gasteiger partial charge in [-0.2, -0.15) is 24.9 Å². The Morgan fingerprint density at radius 1 is 1.38 bits per heavy atom. The van der Waals surface area contributed by atoms with Gasteiger partial charge in [0.25, 0.3) is 0 Å². The Morgan fingerprint density at radius 2 is 2.05 bits per heavy atom. The molecular weight excluding hydrogens is 308 g/mol. The van der Waals surface area contributed by atoms with E-state index in [-0.39, 0.29) is 4.75 Å². The van der Waals surface area contributed by atoms with Gasteiger partial charge in [0.15, 0.2) is 0 Å². The number of urea groups is 1. The molecule has 2 amide bonds. The second-order valence-electron chi connectivity index (χ2n) is 4.88. The maximum Gasteiger partial charge on any atom is 0.418 e. The first kappa shape index (κ1) is 15.9. The fourth-order valence-corrected chi connectivity index (χ4v) is 2.59. The third-order valence-corrected chi connectivity index (χ3v) is 4.77. The van der Waals surface area contributed by atoms with Crippen LogP contribution >= 0.6 is 11.8 Å². The number of carbonyl (C=O) groups is 1. The van der Waals surface area contributed by atoms with E-state index in [9.17, 15) is 22.4 Å². The van der Waals surface area contributed by atoms with Gasteiger partial charge in [0.1, 0.15) is 5.82 Å². The third kappa shape index (κ3) is 4.03. The normalized spacial score (nSPS) is 16.4. The minimum absolute atomic E-state index is 0.00694. The molecular formula is C13H14F4N2OS. The summed E-state index contributed by atoms with van der Waals surface area (Å²) in [5, 5.41) is 4.67. The number of anilines is 1. The molecule has 1 aliphatic carbocycles. The van der Waals surface area contributed by atoms with Gasteiger partial charge in [-0.05, 0) is 37.3 Å². The topological polar surface area (TPSA) is 41.1 Å². The Bertz CT molecular complexity index is 543. The van der Waals surface area contributed by atoms with Crippen LogP contribution in [0.15, 0.2) is 18.2 Å². The molecule has 0 radical (unpaired) electrons. The molecule has 0 bridgehead atoms. The Morgan fingerprint density at radius 3 is 2.57 bits per heavy atom. The molecule has 0 spiro atoms. The molecule has 1 fully saturated rings. The Kier molecular flexibility index (Phi) is 4.36. The molecule has 1 aromatic rings. The lowest BCUT2D eigenvalue weighted by molar-refractivity contribution is -0.137. The van der Waals surface area contributed by atoms with Gasteiger partial charge in [0.05, 0.1) is 11.3 Å². The monoisotopic (exact) mass is 322 g/mol. The molecule has 0 atom stereocenters. The van der Waals surface area contributed by atoms with E-state index in [1.54, 1.807) is 11.8 Å². The quantitative estimate of drug-likeness (QED) is 0.827. The van der Waals surface area contributed by atoms with Gasteiger partial charge in [-0.15, -0.1) is 0 Å². The first-order valence-corrected chi connectivity index (χ1v) is 7.45. The van der Waals surface area contributed by atoms with Crippen molar-refractivity contribution in [2.75, 3.05) is 18.1 Å². The summed E-state index contributed by atoms with van der Waals surface area (Å²) in [4.78, 5) is 11.7. The molecule has 0 heterocycles. The smallest absolute Gasteiger partial charge is 0.336 e. The van der Waals surface area contributed by atoms with Crippen LogP contribution in [0.1, 0.15) is 18.4 Å². The summed E-state index contributed by atoms with van der Waals surface area (Å²) in [5.41, 5.74) is -1.67. The number of hydrogen-bond donors (Lipinski definition) is 2. The predicted octanol–water partition coefficient (Wildman–Crippen LogP) is 3.86. The second-order valence-corrected chi connectivity index (χ2v) is 6.16. The van der Waals surface area contributed by atoms with Crippen molar-refractivity contribution in [1.82, 2.24) is 5.32 Å². The van der Waals surface area contributed by atoms with Gasteiger partial charge in [-0.1, -0.05) is 0 Å². The van der Waals surface area contributed by atoms with Gasteiger partial charge >= 0.3 is 12.2 Å². The van der Waals surface area contributed by atoms with Crippen molar-refractivity contribution in [3.8, 4) is 0 Å². The Hall–Kier alpha value is -1.44. The summed E-state index contributed by atoms with van der Waals surface area (Å²) < 4.78 is 51.3. The van der Waals surface area contributed by atoms with E-state index in [1.165, 1.54) is 0 Å². The highest BCUT2D eigenvalue weighted by Gasteiger charge is 2.42. The van der Waals surface area contributed by atoms with E-state index in [0.29, 0.717) is 12.6 Å². The number of carbonyl (C=O) groups excluding carboxylic acids is 1. The summed E-state index contributed by atoms with van der Waals surface area (Å²) in [5.74, 6) is -1.01. The van der Waals surface area contributed by atoms with E-state index >= 15 is 0 Å². The lowest BCUT2D eigenvalue weighted by Gasteiger charge is -2.16. The number of rotatable bonds is 4. The largest absolute Gasteiger partial charge is 0.418 e. The number of halogens is 4. The average Bonchev–Trinajstić information content (AvgIpc) is 3.18. The van der Waals surface area contributed by atoms with Gasteiger partial charge in [-0.25, -0.2) is 9.18 Å². The standard InChI is InChI=1S/C13H14F4N2OS/c1-21-12(4-5-12)7-18-11(20)19-10-3-2-8(14)6-9(10)13(15,16)17/h2-3,6H,4-5,7H2,1H3,(H2,18,19,20). The molecule has 2 rings (SSSR count). The zero-order chi connectivity index (χ0) is 15.7. The Balaban J connectivity index is 2.03. The summed E-state index contributed by atoms with van der Waals surface area (Å²) in [6.07, 6.45) is -0.867. The fraction of sp³-hybridized carbons (Fsp3) is 0.462. The number of alkyl halides is 3. The molecule has 1 aromatic carbocycles. The highest BCUT2D eigenvalue weighted by Crippen LogP contribution is 2.46. The SMILES string of the molecule is CSC1(CNC(=O)Nc2ccc(F)cc2C(F)(F)F)CC1. The summed E-state index contributed by atoms with van der Waals surface area (Å²) in [7, 11) is 0. The van der Waals surface area contributed by atoms with E-state index < -0.39 is 29.3 Å². The van der Waals surface area contributed by atoms with Crippen molar-refractivity contribution in [3.05, 3.63) is 29.6 Å². The first-order chi connectivity index (χ1) is 9.76. The van der Waals surface area contributed by atoms with E-state index in [0.717, 1.165) is 25.0 Å². The van der Waals surface area contributed by atoms with Crippen molar-refractivity contribution < 1.29 is 22.4 Å². The highest BCUT2D eigenvalue weighted by atomic mass is 32.2. The molecule has 1 aliphatic rings. The molecule has 1 saturated carbocycles. The van der Waals surface area contributed by atoms with E-state index in [1.807, 2.05) is 6.26 Å². The number of benzene rings is 1. The van der Waals surface area contributed by atoms with Crippen molar-refractivity contribution in [2.24, 2.45) is 0 Å². The van der Waals surface area contributed by atoms with Crippen LogP contribution in [-0.4, -0.2) is 23.6 Å². The molecule has 2 N–H and O–H groups in total. The van der Waals surface area contributed by atoms with Gasteiger partial charge in [0.2, 0.25) is 0 Å². The van der Waals surface area contributed by atoms with Crippen molar-refractivity contribution in [2.45, 2.75) is 23.8 Å². The van der Waals surface area contributed by atoms with Crippen LogP contribution in [-0.2, 0) is 6.18 Å². The van der Waals surface area contributed by atoms with Crippen molar-refractivity contribution in [1.29, 1.82) is 0 Å². The van der Waals surface area contributed by atoms with E-state index in [2.05, 4.69) is 10.6 Å². The maximum absolute atomic E-state index is 12.9. The predicted molar refractivity (Wildman–Crippen MR) is 73.9 cm³/mol. The fourth-order valence-electron chi connectivity index (χ4n) is 1.86. The molecule has 3 nitrogen and oxygen atoms in total. The highest BCUT2D eigenvalue weighted by molar-refractivity contribution is 8.00. The zero-order valence-electron chi connectivity index (χ0n) is 11.2. The van der Waals surface area contributed by atoms with Crippen LogP contribution in [0.25, 0.3) is 0 Å². The second kappa shape index (κ2) is 5.75. The van der Waals surface area contributed by atoms with Crippen molar-refractivity contribution in [3.63, 3.8) is 0 Å². The minimum Gasteiger partial charge on any atom is -0.336 e. The lowest BCUT2D eigenvalue weighted by atomic mass is 10.1. The van der Waals surface area contributed by atoms with Crippen LogP contribution in [0.5, 0.6) is 0 Å². The minimum atomic E-state index is -4.73. The number of nitrogens with one attached hydrogen (secondary N) is 2. The summed E-state index contributed by atoms with van der Waals surface area (Å²) >= 11 is 1.62. The van der Waals surface area contributed by atoms with Crippen molar-refractivity contribution >= 4 is 23.5 Å². The Labute approximate surface area is 123 Å². The van der Waals surface area contributed by atoms with Crippen LogP contribution in [0.2, 0.25) is 0 Å². The van der Waals surface area contributed by atoms with Gasteiger partial charge < -0.3 is 10.6 Å². The zero-order valence-corrected chi connectivity index (χ0v) is 12.0. The average molecular weight is 322 g/mol. The third-order valence-electron chi connectivity index (χ3n) is 3.35. The number of thioether (sulfide) groups is 1. The van der Waals surface area contributed by atoms with Gasteiger partial charge in [0, 0.05) is 11.3 Å². The molecule has 0 unspecified atom stereocenters. The summed E-state index contributed by atoms with van der Waals surface area (Å²) in [6, 6.07) is 1.40. The van der Waals surface area contributed by atoms with Gasteiger partial charge in [-0.3, -0.25) is 0 Å². The van der Waals surface area contributed by atoms with Crippen LogP contribution in [0.3, 0.4) is 0 Å². The molecule has 116 valence electrons.